The highest BCUT2D eigenvalue weighted by atomic mass is 32.2. The summed E-state index contributed by atoms with van der Waals surface area (Å²) in [5.74, 6) is 0. The van der Waals surface area contributed by atoms with Gasteiger partial charge in [-0.2, -0.15) is 17.0 Å². The third kappa shape index (κ3) is 3.11. The molecule has 0 aliphatic carbocycles. The largest absolute Gasteiger partial charge is 0.349 e. The van der Waals surface area contributed by atoms with E-state index in [2.05, 4.69) is 0 Å². The highest BCUT2D eigenvalue weighted by molar-refractivity contribution is 7.86. The lowest BCUT2D eigenvalue weighted by atomic mass is 10.0. The highest BCUT2D eigenvalue weighted by Gasteiger charge is 2.41. The van der Waals surface area contributed by atoms with Crippen LogP contribution in [0.25, 0.3) is 0 Å². The maximum atomic E-state index is 12.6. The van der Waals surface area contributed by atoms with Gasteiger partial charge in [-0.3, -0.25) is 0 Å². The van der Waals surface area contributed by atoms with Crippen molar-refractivity contribution in [3.05, 3.63) is 0 Å². The summed E-state index contributed by atoms with van der Waals surface area (Å²) in [4.78, 5) is 0. The second kappa shape index (κ2) is 6.05. The molecule has 2 rings (SSSR count). The first-order valence-electron chi connectivity index (χ1n) is 6.92. The molecule has 6 nitrogen and oxygen atoms in total. The molecule has 0 bridgehead atoms. The fourth-order valence-corrected chi connectivity index (χ4v) is 4.29. The van der Waals surface area contributed by atoms with Gasteiger partial charge < -0.3 is 9.47 Å². The number of nitrogens with zero attached hydrogens (tertiary/aromatic N) is 2. The van der Waals surface area contributed by atoms with Gasteiger partial charge in [0, 0.05) is 19.6 Å². The SMILES string of the molecule is CC(C)N(C)S(=O)(=O)N1CCCCC1C1OCCO1. The molecule has 0 spiro atoms. The van der Waals surface area contributed by atoms with E-state index in [9.17, 15) is 8.42 Å². The molecular weight excluding hydrogens is 268 g/mol. The van der Waals surface area contributed by atoms with Crippen molar-refractivity contribution >= 4 is 10.2 Å². The van der Waals surface area contributed by atoms with E-state index < -0.39 is 16.5 Å². The molecule has 0 saturated carbocycles. The summed E-state index contributed by atoms with van der Waals surface area (Å²) in [6.45, 7) is 5.40. The van der Waals surface area contributed by atoms with E-state index >= 15 is 0 Å². The number of ether oxygens (including phenoxy) is 2. The lowest BCUT2D eigenvalue weighted by molar-refractivity contribution is -0.0921. The second-order valence-electron chi connectivity index (χ2n) is 5.40. The number of hydrogen-bond donors (Lipinski definition) is 0. The Labute approximate surface area is 115 Å². The molecule has 0 amide bonds. The van der Waals surface area contributed by atoms with Gasteiger partial charge >= 0.3 is 0 Å². The summed E-state index contributed by atoms with van der Waals surface area (Å²) >= 11 is 0. The molecule has 2 fully saturated rings. The molecule has 7 heteroatoms. The monoisotopic (exact) mass is 292 g/mol. The van der Waals surface area contributed by atoms with Crippen molar-refractivity contribution in [1.82, 2.24) is 8.61 Å². The lowest BCUT2D eigenvalue weighted by Crippen LogP contribution is -2.55. The Bertz CT molecular complexity index is 393. The van der Waals surface area contributed by atoms with Crippen molar-refractivity contribution in [2.75, 3.05) is 26.8 Å². The van der Waals surface area contributed by atoms with Gasteiger partial charge in [0.25, 0.3) is 10.2 Å². The fraction of sp³-hybridized carbons (Fsp3) is 1.00. The van der Waals surface area contributed by atoms with Crippen molar-refractivity contribution in [2.45, 2.75) is 51.5 Å². The van der Waals surface area contributed by atoms with Crippen LogP contribution in [-0.2, 0) is 19.7 Å². The van der Waals surface area contributed by atoms with Crippen molar-refractivity contribution in [3.63, 3.8) is 0 Å². The maximum Gasteiger partial charge on any atom is 0.282 e. The molecule has 0 N–H and O–H groups in total. The van der Waals surface area contributed by atoms with Crippen LogP contribution in [0.4, 0.5) is 0 Å². The van der Waals surface area contributed by atoms with Gasteiger partial charge in [0.1, 0.15) is 0 Å². The third-order valence-corrected chi connectivity index (χ3v) is 6.04. The van der Waals surface area contributed by atoms with Gasteiger partial charge in [-0.05, 0) is 26.7 Å². The van der Waals surface area contributed by atoms with Gasteiger partial charge in [0.2, 0.25) is 0 Å². The van der Waals surface area contributed by atoms with Gasteiger partial charge in [-0.15, -0.1) is 0 Å². The first-order chi connectivity index (χ1) is 8.94. The summed E-state index contributed by atoms with van der Waals surface area (Å²) in [5.41, 5.74) is 0. The molecule has 2 saturated heterocycles. The maximum absolute atomic E-state index is 12.6. The number of hydrogen-bond acceptors (Lipinski definition) is 4. The zero-order chi connectivity index (χ0) is 14.0. The summed E-state index contributed by atoms with van der Waals surface area (Å²) < 4.78 is 39.3. The Morgan fingerprint density at radius 1 is 1.21 bits per heavy atom. The van der Waals surface area contributed by atoms with Crippen molar-refractivity contribution in [1.29, 1.82) is 0 Å². The van der Waals surface area contributed by atoms with Crippen LogP contribution in [0.2, 0.25) is 0 Å². The van der Waals surface area contributed by atoms with Crippen LogP contribution in [0.1, 0.15) is 33.1 Å². The molecule has 19 heavy (non-hydrogen) atoms. The predicted octanol–water partition coefficient (Wildman–Crippen LogP) is 0.799. The Balaban J connectivity index is 2.19. The van der Waals surface area contributed by atoms with E-state index in [0.29, 0.717) is 19.8 Å². The second-order valence-corrected chi connectivity index (χ2v) is 7.34. The molecule has 2 heterocycles. The normalized spacial score (nSPS) is 27.5. The topological polar surface area (TPSA) is 59.1 Å². The van der Waals surface area contributed by atoms with E-state index in [4.69, 9.17) is 9.47 Å². The Hall–Kier alpha value is -0.210. The molecule has 112 valence electrons. The van der Waals surface area contributed by atoms with Crippen LogP contribution >= 0.6 is 0 Å². The van der Waals surface area contributed by atoms with Crippen LogP contribution in [-0.4, -0.2) is 62.2 Å². The van der Waals surface area contributed by atoms with Gasteiger partial charge in [-0.1, -0.05) is 6.42 Å². The molecular formula is C12H24N2O4S. The smallest absolute Gasteiger partial charge is 0.282 e. The van der Waals surface area contributed by atoms with E-state index in [1.807, 2.05) is 13.8 Å². The Morgan fingerprint density at radius 3 is 2.42 bits per heavy atom. The quantitative estimate of drug-likeness (QED) is 0.769. The third-order valence-electron chi connectivity index (χ3n) is 3.85. The summed E-state index contributed by atoms with van der Waals surface area (Å²) in [5, 5.41) is 0. The molecule has 2 aliphatic heterocycles. The average molecular weight is 292 g/mol. The van der Waals surface area contributed by atoms with E-state index in [-0.39, 0.29) is 12.1 Å². The number of rotatable bonds is 4. The lowest BCUT2D eigenvalue weighted by Gasteiger charge is -2.39. The van der Waals surface area contributed by atoms with Crippen molar-refractivity contribution < 1.29 is 17.9 Å². The van der Waals surface area contributed by atoms with Crippen LogP contribution in [0.5, 0.6) is 0 Å². The van der Waals surface area contributed by atoms with Crippen molar-refractivity contribution in [2.24, 2.45) is 0 Å². The first-order valence-corrected chi connectivity index (χ1v) is 8.32. The van der Waals surface area contributed by atoms with E-state index in [0.717, 1.165) is 19.3 Å². The predicted molar refractivity (Wildman–Crippen MR) is 71.9 cm³/mol. The van der Waals surface area contributed by atoms with E-state index in [1.165, 1.54) is 4.31 Å². The van der Waals surface area contributed by atoms with Crippen molar-refractivity contribution in [3.8, 4) is 0 Å². The number of piperidine rings is 1. The molecule has 0 radical (unpaired) electrons. The molecule has 0 aromatic carbocycles. The van der Waals surface area contributed by atoms with E-state index in [1.54, 1.807) is 11.4 Å². The summed E-state index contributed by atoms with van der Waals surface area (Å²) in [6, 6.07) is -0.250. The molecule has 1 unspecified atom stereocenters. The van der Waals surface area contributed by atoms with Crippen LogP contribution in [0.3, 0.4) is 0 Å². The standard InChI is InChI=1S/C12H24N2O4S/c1-10(2)13(3)19(15,16)14-7-5-4-6-11(14)12-17-8-9-18-12/h10-12H,4-9H2,1-3H3. The summed E-state index contributed by atoms with van der Waals surface area (Å²) in [6.07, 6.45) is 2.31. The molecule has 0 aromatic rings. The summed E-state index contributed by atoms with van der Waals surface area (Å²) in [7, 11) is -1.81. The minimum absolute atomic E-state index is 0.0574. The minimum atomic E-state index is -3.44. The zero-order valence-electron chi connectivity index (χ0n) is 11.9. The van der Waals surface area contributed by atoms with Gasteiger partial charge in [-0.25, -0.2) is 0 Å². The first kappa shape index (κ1) is 15.2. The Morgan fingerprint density at radius 2 is 1.84 bits per heavy atom. The average Bonchev–Trinajstić information content (AvgIpc) is 2.91. The van der Waals surface area contributed by atoms with Gasteiger partial charge in [0.15, 0.2) is 6.29 Å². The Kier molecular flexibility index (Phi) is 4.84. The fourth-order valence-electron chi connectivity index (χ4n) is 2.52. The molecule has 1 atom stereocenters. The van der Waals surface area contributed by atoms with Crippen LogP contribution < -0.4 is 0 Å². The highest BCUT2D eigenvalue weighted by Crippen LogP contribution is 2.28. The van der Waals surface area contributed by atoms with Gasteiger partial charge in [0.05, 0.1) is 19.3 Å². The molecule has 2 aliphatic rings. The van der Waals surface area contributed by atoms with Crippen LogP contribution in [0, 0.1) is 0 Å². The van der Waals surface area contributed by atoms with Crippen LogP contribution in [0.15, 0.2) is 0 Å². The minimum Gasteiger partial charge on any atom is -0.349 e. The zero-order valence-corrected chi connectivity index (χ0v) is 12.7. The molecule has 0 aromatic heterocycles.